The smallest absolute Gasteiger partial charge is 0.263 e. The van der Waals surface area contributed by atoms with Crippen molar-refractivity contribution in [1.82, 2.24) is 19.7 Å². The van der Waals surface area contributed by atoms with Crippen molar-refractivity contribution in [3.63, 3.8) is 0 Å². The Morgan fingerprint density at radius 3 is 2.76 bits per heavy atom. The number of para-hydroxylation sites is 1. The number of rotatable bonds is 6. The molecular weight excluding hydrogens is 502 g/mol. The quantitative estimate of drug-likeness (QED) is 0.370. The second kappa shape index (κ2) is 9.72. The van der Waals surface area contributed by atoms with E-state index in [-0.39, 0.29) is 5.91 Å². The summed E-state index contributed by atoms with van der Waals surface area (Å²) in [6.45, 7) is 6.46. The standard InChI is InChI=1S/C24H24BrN5O2S/c1-17-20(16-26-30(17)19-5-3-2-4-6-19)23(31)29(10-9-28-11-13-32-14-12-28)24-27-21-8-7-18(25)15-22(21)33-24/h2-8,15-16H,9-14H2,1H3. The van der Waals surface area contributed by atoms with Gasteiger partial charge in [-0.15, -0.1) is 0 Å². The predicted octanol–water partition coefficient (Wildman–Crippen LogP) is 4.53. The summed E-state index contributed by atoms with van der Waals surface area (Å²) in [4.78, 5) is 22.7. The number of thiazole rings is 1. The van der Waals surface area contributed by atoms with Gasteiger partial charge in [0, 0.05) is 30.7 Å². The van der Waals surface area contributed by atoms with Crippen LogP contribution in [0.2, 0.25) is 0 Å². The maximum Gasteiger partial charge on any atom is 0.263 e. The van der Waals surface area contributed by atoms with E-state index in [0.717, 1.165) is 58.9 Å². The fourth-order valence-corrected chi connectivity index (χ4v) is 5.49. The summed E-state index contributed by atoms with van der Waals surface area (Å²) in [5.41, 5.74) is 3.21. The lowest BCUT2D eigenvalue weighted by atomic mass is 10.2. The number of amides is 1. The Kier molecular flexibility index (Phi) is 6.55. The molecule has 9 heteroatoms. The molecule has 0 radical (unpaired) electrons. The van der Waals surface area contributed by atoms with Crippen LogP contribution < -0.4 is 4.90 Å². The van der Waals surface area contributed by atoms with Gasteiger partial charge < -0.3 is 4.74 Å². The Morgan fingerprint density at radius 1 is 1.18 bits per heavy atom. The minimum atomic E-state index is -0.0823. The maximum absolute atomic E-state index is 13.8. The van der Waals surface area contributed by atoms with Crippen molar-refractivity contribution in [2.24, 2.45) is 0 Å². The van der Waals surface area contributed by atoms with Crippen LogP contribution in [0.25, 0.3) is 15.9 Å². The van der Waals surface area contributed by atoms with Crippen molar-refractivity contribution >= 4 is 48.5 Å². The average Bonchev–Trinajstić information content (AvgIpc) is 3.43. The van der Waals surface area contributed by atoms with Gasteiger partial charge in [0.25, 0.3) is 5.91 Å². The number of hydrogen-bond donors (Lipinski definition) is 0. The van der Waals surface area contributed by atoms with Gasteiger partial charge in [-0.05, 0) is 37.3 Å². The molecule has 1 saturated heterocycles. The van der Waals surface area contributed by atoms with Gasteiger partial charge in [0.2, 0.25) is 0 Å². The van der Waals surface area contributed by atoms with Crippen LogP contribution in [-0.4, -0.2) is 65.0 Å². The van der Waals surface area contributed by atoms with E-state index in [1.165, 1.54) is 11.3 Å². The normalized spacial score (nSPS) is 14.6. The summed E-state index contributed by atoms with van der Waals surface area (Å²) in [6, 6.07) is 15.8. The molecule has 4 aromatic rings. The van der Waals surface area contributed by atoms with E-state index < -0.39 is 0 Å². The van der Waals surface area contributed by atoms with Gasteiger partial charge >= 0.3 is 0 Å². The minimum Gasteiger partial charge on any atom is -0.379 e. The summed E-state index contributed by atoms with van der Waals surface area (Å²) in [7, 11) is 0. The highest BCUT2D eigenvalue weighted by Gasteiger charge is 2.26. The highest BCUT2D eigenvalue weighted by Crippen LogP contribution is 2.32. The number of hydrogen-bond acceptors (Lipinski definition) is 6. The highest BCUT2D eigenvalue weighted by atomic mass is 79.9. The SMILES string of the molecule is Cc1c(C(=O)N(CCN2CCOCC2)c2nc3ccc(Br)cc3s2)cnn1-c1ccccc1. The number of aromatic nitrogens is 3. The van der Waals surface area contributed by atoms with E-state index in [4.69, 9.17) is 9.72 Å². The van der Waals surface area contributed by atoms with Gasteiger partial charge in [-0.3, -0.25) is 14.6 Å². The van der Waals surface area contributed by atoms with Gasteiger partial charge in [-0.2, -0.15) is 5.10 Å². The van der Waals surface area contributed by atoms with Crippen molar-refractivity contribution in [2.75, 3.05) is 44.3 Å². The van der Waals surface area contributed by atoms with Crippen LogP contribution in [0.5, 0.6) is 0 Å². The molecular formula is C24H24BrN5O2S. The highest BCUT2D eigenvalue weighted by molar-refractivity contribution is 9.10. The third-order valence-electron chi connectivity index (χ3n) is 5.80. The first kappa shape index (κ1) is 22.2. The van der Waals surface area contributed by atoms with Crippen LogP contribution in [-0.2, 0) is 4.74 Å². The molecule has 0 bridgehead atoms. The van der Waals surface area contributed by atoms with Crippen LogP contribution in [0, 0.1) is 6.92 Å². The first-order valence-electron chi connectivity index (χ1n) is 10.9. The number of fused-ring (bicyclic) bond motifs is 1. The molecule has 7 nitrogen and oxygen atoms in total. The molecule has 0 N–H and O–H groups in total. The number of halogens is 1. The van der Waals surface area contributed by atoms with Gasteiger partial charge in [0.1, 0.15) is 0 Å². The average molecular weight is 526 g/mol. The van der Waals surface area contributed by atoms with Crippen molar-refractivity contribution in [1.29, 1.82) is 0 Å². The number of ether oxygens (including phenoxy) is 1. The molecule has 0 atom stereocenters. The fraction of sp³-hybridized carbons (Fsp3) is 0.292. The summed E-state index contributed by atoms with van der Waals surface area (Å²) >= 11 is 5.06. The van der Waals surface area contributed by atoms with Crippen molar-refractivity contribution in [3.8, 4) is 5.69 Å². The largest absolute Gasteiger partial charge is 0.379 e. The first-order valence-corrected chi connectivity index (χ1v) is 12.5. The van der Waals surface area contributed by atoms with Crippen LogP contribution >= 0.6 is 27.3 Å². The fourth-order valence-electron chi connectivity index (χ4n) is 3.95. The molecule has 1 fully saturated rings. The van der Waals surface area contributed by atoms with Crippen LogP contribution in [0.1, 0.15) is 16.1 Å². The first-order chi connectivity index (χ1) is 16.1. The summed E-state index contributed by atoms with van der Waals surface area (Å²) in [6.07, 6.45) is 1.66. The molecule has 0 aliphatic carbocycles. The molecule has 5 rings (SSSR count). The van der Waals surface area contributed by atoms with Gasteiger partial charge in [0.15, 0.2) is 5.13 Å². The minimum absolute atomic E-state index is 0.0823. The van der Waals surface area contributed by atoms with E-state index in [0.29, 0.717) is 17.2 Å². The summed E-state index contributed by atoms with van der Waals surface area (Å²) in [5, 5.41) is 5.21. The van der Waals surface area contributed by atoms with Crippen LogP contribution in [0.15, 0.2) is 59.2 Å². The number of carbonyl (C=O) groups excluding carboxylic acids is 1. The molecule has 3 heterocycles. The zero-order valence-corrected chi connectivity index (χ0v) is 20.7. The molecule has 1 aliphatic rings. The number of anilines is 1. The Labute approximate surface area is 204 Å². The van der Waals surface area contributed by atoms with Gasteiger partial charge in [0.05, 0.1) is 46.6 Å². The molecule has 1 amide bonds. The van der Waals surface area contributed by atoms with E-state index in [1.54, 1.807) is 11.1 Å². The Bertz CT molecular complexity index is 1270. The molecule has 170 valence electrons. The molecule has 0 unspecified atom stereocenters. The van der Waals surface area contributed by atoms with E-state index in [1.807, 2.05) is 60.1 Å². The predicted molar refractivity (Wildman–Crippen MR) is 135 cm³/mol. The monoisotopic (exact) mass is 525 g/mol. The van der Waals surface area contributed by atoms with Crippen LogP contribution in [0.3, 0.4) is 0 Å². The van der Waals surface area contributed by atoms with Crippen molar-refractivity contribution in [2.45, 2.75) is 6.92 Å². The topological polar surface area (TPSA) is 63.5 Å². The number of nitrogens with zero attached hydrogens (tertiary/aromatic N) is 5. The Morgan fingerprint density at radius 2 is 1.97 bits per heavy atom. The molecule has 0 spiro atoms. The molecule has 2 aromatic carbocycles. The summed E-state index contributed by atoms with van der Waals surface area (Å²) in [5.74, 6) is -0.0823. The van der Waals surface area contributed by atoms with E-state index in [2.05, 4.69) is 25.9 Å². The second-order valence-electron chi connectivity index (χ2n) is 7.91. The zero-order valence-electron chi connectivity index (χ0n) is 18.3. The lowest BCUT2D eigenvalue weighted by molar-refractivity contribution is 0.0391. The van der Waals surface area contributed by atoms with Gasteiger partial charge in [-0.25, -0.2) is 9.67 Å². The zero-order chi connectivity index (χ0) is 22.8. The van der Waals surface area contributed by atoms with Gasteiger partial charge in [-0.1, -0.05) is 45.5 Å². The number of carbonyl (C=O) groups is 1. The Balaban J connectivity index is 1.47. The third-order valence-corrected chi connectivity index (χ3v) is 7.33. The lowest BCUT2D eigenvalue weighted by Gasteiger charge is -2.29. The van der Waals surface area contributed by atoms with Crippen molar-refractivity contribution in [3.05, 3.63) is 70.5 Å². The molecule has 2 aromatic heterocycles. The van der Waals surface area contributed by atoms with Crippen molar-refractivity contribution < 1.29 is 9.53 Å². The second-order valence-corrected chi connectivity index (χ2v) is 9.84. The molecule has 33 heavy (non-hydrogen) atoms. The van der Waals surface area contributed by atoms with Crippen LogP contribution in [0.4, 0.5) is 5.13 Å². The van der Waals surface area contributed by atoms with E-state index >= 15 is 0 Å². The summed E-state index contributed by atoms with van der Waals surface area (Å²) < 4.78 is 9.32. The number of morpholine rings is 1. The molecule has 0 saturated carbocycles. The number of benzene rings is 2. The molecule has 1 aliphatic heterocycles. The third kappa shape index (κ3) is 4.72. The lowest BCUT2D eigenvalue weighted by Crippen LogP contribution is -2.43. The van der Waals surface area contributed by atoms with E-state index in [9.17, 15) is 4.79 Å². The maximum atomic E-state index is 13.8. The Hall–Kier alpha value is -2.59.